The largest absolute Gasteiger partial charge is 0.494 e. The lowest BCUT2D eigenvalue weighted by Gasteiger charge is -2.20. The van der Waals surface area contributed by atoms with Crippen LogP contribution in [0.1, 0.15) is 49.4 Å². The van der Waals surface area contributed by atoms with Crippen LogP contribution in [0.5, 0.6) is 5.75 Å². The molecule has 110 valence electrons. The number of carbonyl (C=O) groups excluding carboxylic acids is 1. The van der Waals surface area contributed by atoms with Crippen molar-refractivity contribution in [2.45, 2.75) is 39.0 Å². The zero-order chi connectivity index (χ0) is 14.7. The van der Waals surface area contributed by atoms with Crippen LogP contribution in [-0.4, -0.2) is 12.4 Å². The lowest BCUT2D eigenvalue weighted by atomic mass is 9.83. The Morgan fingerprint density at radius 2 is 1.76 bits per heavy atom. The Morgan fingerprint density at radius 3 is 2.52 bits per heavy atom. The zero-order valence-electron chi connectivity index (χ0n) is 12.6. The second-order valence-corrected chi connectivity index (χ2v) is 5.86. The molecule has 21 heavy (non-hydrogen) atoms. The molecule has 2 aromatic carbocycles. The van der Waals surface area contributed by atoms with Crippen molar-refractivity contribution in [1.82, 2.24) is 0 Å². The number of hydrogen-bond acceptors (Lipinski definition) is 2. The number of Topliss-reactive ketones (excluding diaryl/α,β-unsaturated/α-hetero) is 1. The number of fused-ring (bicyclic) bond motifs is 1. The first-order valence-electron chi connectivity index (χ1n) is 7.99. The highest BCUT2D eigenvalue weighted by molar-refractivity contribution is 6.01. The molecular weight excluding hydrogens is 260 g/mol. The molecule has 1 saturated carbocycles. The molecule has 0 heterocycles. The summed E-state index contributed by atoms with van der Waals surface area (Å²) in [6.45, 7) is 2.65. The number of ketones is 1. The Kier molecular flexibility index (Phi) is 4.23. The van der Waals surface area contributed by atoms with E-state index in [9.17, 15) is 4.79 Å². The van der Waals surface area contributed by atoms with Crippen molar-refractivity contribution in [3.05, 3.63) is 42.0 Å². The molecule has 0 aliphatic heterocycles. The number of carbonyl (C=O) groups is 1. The van der Waals surface area contributed by atoms with Crippen LogP contribution in [0.25, 0.3) is 10.8 Å². The molecule has 2 nitrogen and oxygen atoms in total. The summed E-state index contributed by atoms with van der Waals surface area (Å²) in [5, 5.41) is 2.24. The molecule has 0 spiro atoms. The highest BCUT2D eigenvalue weighted by Crippen LogP contribution is 2.28. The fourth-order valence-electron chi connectivity index (χ4n) is 3.23. The van der Waals surface area contributed by atoms with Crippen LogP contribution in [0, 0.1) is 5.92 Å². The molecule has 2 heteroatoms. The second-order valence-electron chi connectivity index (χ2n) is 5.86. The molecule has 0 radical (unpaired) electrons. The van der Waals surface area contributed by atoms with Gasteiger partial charge in [0.2, 0.25) is 0 Å². The Hall–Kier alpha value is -1.83. The van der Waals surface area contributed by atoms with E-state index in [1.54, 1.807) is 0 Å². The number of rotatable bonds is 4. The van der Waals surface area contributed by atoms with Crippen molar-refractivity contribution < 1.29 is 9.53 Å². The Bertz CT molecular complexity index is 639. The molecule has 0 N–H and O–H groups in total. The second kappa shape index (κ2) is 6.30. The first-order chi connectivity index (χ1) is 10.3. The maximum Gasteiger partial charge on any atom is 0.165 e. The maximum absolute atomic E-state index is 12.6. The van der Waals surface area contributed by atoms with E-state index in [4.69, 9.17) is 4.74 Å². The van der Waals surface area contributed by atoms with E-state index >= 15 is 0 Å². The molecule has 0 saturated heterocycles. The first kappa shape index (κ1) is 14.1. The van der Waals surface area contributed by atoms with Crippen molar-refractivity contribution in [2.24, 2.45) is 5.92 Å². The van der Waals surface area contributed by atoms with E-state index in [2.05, 4.69) is 0 Å². The number of benzene rings is 2. The maximum atomic E-state index is 12.6. The monoisotopic (exact) mass is 282 g/mol. The van der Waals surface area contributed by atoms with Gasteiger partial charge in [0.15, 0.2) is 5.78 Å². The average Bonchev–Trinajstić information content (AvgIpc) is 2.55. The summed E-state index contributed by atoms with van der Waals surface area (Å²) in [5.41, 5.74) is 0.860. The van der Waals surface area contributed by atoms with Gasteiger partial charge in [-0.25, -0.2) is 0 Å². The van der Waals surface area contributed by atoms with E-state index in [1.165, 1.54) is 19.3 Å². The predicted octanol–water partition coefficient (Wildman–Crippen LogP) is 5.00. The van der Waals surface area contributed by atoms with E-state index in [0.717, 1.165) is 34.9 Å². The van der Waals surface area contributed by atoms with Gasteiger partial charge in [0.05, 0.1) is 6.61 Å². The third-order valence-electron chi connectivity index (χ3n) is 4.38. The van der Waals surface area contributed by atoms with Crippen molar-refractivity contribution in [3.8, 4) is 5.75 Å². The van der Waals surface area contributed by atoms with Crippen LogP contribution in [0.3, 0.4) is 0 Å². The summed E-state index contributed by atoms with van der Waals surface area (Å²) in [5.74, 6) is 1.45. The quantitative estimate of drug-likeness (QED) is 0.737. The van der Waals surface area contributed by atoms with E-state index in [1.807, 2.05) is 43.3 Å². The van der Waals surface area contributed by atoms with Crippen LogP contribution in [0.4, 0.5) is 0 Å². The van der Waals surface area contributed by atoms with Crippen LogP contribution < -0.4 is 4.74 Å². The summed E-state index contributed by atoms with van der Waals surface area (Å²) in [7, 11) is 0. The summed E-state index contributed by atoms with van der Waals surface area (Å²) >= 11 is 0. The summed E-state index contributed by atoms with van der Waals surface area (Å²) in [6.07, 6.45) is 5.78. The smallest absolute Gasteiger partial charge is 0.165 e. The van der Waals surface area contributed by atoms with Crippen molar-refractivity contribution in [1.29, 1.82) is 0 Å². The Balaban J connectivity index is 1.86. The van der Waals surface area contributed by atoms with Gasteiger partial charge in [-0.15, -0.1) is 0 Å². The fraction of sp³-hybridized carbons (Fsp3) is 0.421. The summed E-state index contributed by atoms with van der Waals surface area (Å²) < 4.78 is 5.52. The van der Waals surface area contributed by atoms with E-state index in [0.29, 0.717) is 12.4 Å². The van der Waals surface area contributed by atoms with Crippen LogP contribution in [-0.2, 0) is 0 Å². The van der Waals surface area contributed by atoms with Crippen LogP contribution in [0.15, 0.2) is 36.4 Å². The molecule has 1 fully saturated rings. The first-order valence-corrected chi connectivity index (χ1v) is 7.99. The standard InChI is InChI=1S/C19H22O2/c1-2-21-18-11-10-15-12-17(9-8-16(15)13-18)19(20)14-6-4-3-5-7-14/h8-14H,2-7H2,1H3. The van der Waals surface area contributed by atoms with Gasteiger partial charge in [-0.3, -0.25) is 4.79 Å². The van der Waals surface area contributed by atoms with E-state index in [-0.39, 0.29) is 5.92 Å². The Labute approximate surface area is 126 Å². The number of hydrogen-bond donors (Lipinski definition) is 0. The van der Waals surface area contributed by atoms with Crippen molar-refractivity contribution in [3.63, 3.8) is 0 Å². The van der Waals surface area contributed by atoms with Gasteiger partial charge in [0.1, 0.15) is 5.75 Å². The molecular formula is C19H22O2. The third kappa shape index (κ3) is 3.10. The minimum absolute atomic E-state index is 0.235. The van der Waals surface area contributed by atoms with E-state index < -0.39 is 0 Å². The summed E-state index contributed by atoms with van der Waals surface area (Å²) in [6, 6.07) is 12.1. The molecule has 0 unspecified atom stereocenters. The lowest BCUT2D eigenvalue weighted by molar-refractivity contribution is 0.0889. The number of ether oxygens (including phenoxy) is 1. The van der Waals surface area contributed by atoms with Gasteiger partial charge in [0, 0.05) is 11.5 Å². The van der Waals surface area contributed by atoms with Gasteiger partial charge in [0.25, 0.3) is 0 Å². The SMILES string of the molecule is CCOc1ccc2cc(C(=O)C3CCCCC3)ccc2c1. The van der Waals surface area contributed by atoms with Crippen LogP contribution in [0.2, 0.25) is 0 Å². The Morgan fingerprint density at radius 1 is 1.05 bits per heavy atom. The van der Waals surface area contributed by atoms with Gasteiger partial charge in [-0.1, -0.05) is 37.5 Å². The topological polar surface area (TPSA) is 26.3 Å². The third-order valence-corrected chi connectivity index (χ3v) is 4.38. The molecule has 0 atom stereocenters. The fourth-order valence-corrected chi connectivity index (χ4v) is 3.23. The lowest BCUT2D eigenvalue weighted by Crippen LogP contribution is -2.17. The van der Waals surface area contributed by atoms with Gasteiger partial charge in [-0.05, 0) is 48.7 Å². The zero-order valence-corrected chi connectivity index (χ0v) is 12.6. The molecule has 0 bridgehead atoms. The normalized spacial score (nSPS) is 16.0. The molecule has 0 aromatic heterocycles. The van der Waals surface area contributed by atoms with Gasteiger partial charge < -0.3 is 4.74 Å². The molecule has 3 rings (SSSR count). The highest BCUT2D eigenvalue weighted by atomic mass is 16.5. The van der Waals surface area contributed by atoms with Gasteiger partial charge >= 0.3 is 0 Å². The minimum atomic E-state index is 0.235. The predicted molar refractivity (Wildman–Crippen MR) is 86.0 cm³/mol. The van der Waals surface area contributed by atoms with Crippen molar-refractivity contribution >= 4 is 16.6 Å². The highest BCUT2D eigenvalue weighted by Gasteiger charge is 2.22. The van der Waals surface area contributed by atoms with Crippen molar-refractivity contribution in [2.75, 3.05) is 6.61 Å². The molecule has 1 aliphatic carbocycles. The average molecular weight is 282 g/mol. The van der Waals surface area contributed by atoms with Crippen LogP contribution >= 0.6 is 0 Å². The van der Waals surface area contributed by atoms with Gasteiger partial charge in [-0.2, -0.15) is 0 Å². The molecule has 1 aliphatic rings. The molecule has 2 aromatic rings. The molecule has 0 amide bonds. The summed E-state index contributed by atoms with van der Waals surface area (Å²) in [4.78, 5) is 12.6. The minimum Gasteiger partial charge on any atom is -0.494 e.